The molecule has 1 rings (SSSR count). The summed E-state index contributed by atoms with van der Waals surface area (Å²) in [6, 6.07) is 0. The largest absolute Gasteiger partial charge is 0.389 e. The molecule has 6 heteroatoms. The maximum atomic E-state index is 11.3. The molecule has 3 N–H and O–H groups in total. The van der Waals surface area contributed by atoms with E-state index in [0.29, 0.717) is 10.1 Å². The highest BCUT2D eigenvalue weighted by molar-refractivity contribution is 7.19. The third kappa shape index (κ3) is 3.18. The van der Waals surface area contributed by atoms with Crippen molar-refractivity contribution in [1.82, 2.24) is 4.98 Å². The number of rotatable bonds is 3. The van der Waals surface area contributed by atoms with Crippen LogP contribution in [0.2, 0.25) is 0 Å². The molecule has 1 aromatic rings. The number of nitrogens with two attached hydrogens (primary N) is 1. The van der Waals surface area contributed by atoms with Gasteiger partial charge in [-0.15, -0.1) is 0 Å². The summed E-state index contributed by atoms with van der Waals surface area (Å²) in [5.41, 5.74) is 6.54. The predicted molar refractivity (Wildman–Crippen MR) is 65.7 cm³/mol. The molecule has 16 heavy (non-hydrogen) atoms. The Morgan fingerprint density at radius 2 is 2.19 bits per heavy atom. The second-order valence-corrected chi connectivity index (χ2v) is 5.49. The zero-order chi connectivity index (χ0) is 12.3. The molecule has 0 aliphatic rings. The fourth-order valence-corrected chi connectivity index (χ4v) is 2.17. The van der Waals surface area contributed by atoms with Crippen LogP contribution >= 0.6 is 11.3 Å². The molecule has 90 valence electrons. The Hall–Kier alpha value is -1.14. The predicted octanol–water partition coefficient (Wildman–Crippen LogP) is 1.61. The molecule has 1 heterocycles. The van der Waals surface area contributed by atoms with Crippen molar-refractivity contribution < 1.29 is 9.53 Å². The summed E-state index contributed by atoms with van der Waals surface area (Å²) in [5, 5.41) is 3.80. The molecule has 0 spiro atoms. The van der Waals surface area contributed by atoms with Gasteiger partial charge in [0.2, 0.25) is 0 Å². The standard InChI is InChI=1S/C10H17N3O2S/c1-10(2,3)7-8(11)16-9(13-7)12-6(14)5-15-4/h5,11H2,1-4H3,(H,12,13,14). The van der Waals surface area contributed by atoms with Gasteiger partial charge in [0, 0.05) is 12.5 Å². The van der Waals surface area contributed by atoms with Crippen LogP contribution in [0, 0.1) is 0 Å². The highest BCUT2D eigenvalue weighted by atomic mass is 32.1. The number of aromatic nitrogens is 1. The average Bonchev–Trinajstić information content (AvgIpc) is 2.46. The van der Waals surface area contributed by atoms with Crippen LogP contribution in [0.5, 0.6) is 0 Å². The van der Waals surface area contributed by atoms with E-state index >= 15 is 0 Å². The molecule has 0 aromatic carbocycles. The van der Waals surface area contributed by atoms with Crippen molar-refractivity contribution in [3.63, 3.8) is 0 Å². The van der Waals surface area contributed by atoms with E-state index in [0.717, 1.165) is 5.69 Å². The lowest BCUT2D eigenvalue weighted by atomic mass is 9.93. The highest BCUT2D eigenvalue weighted by Gasteiger charge is 2.22. The topological polar surface area (TPSA) is 77.2 Å². The number of carbonyl (C=O) groups is 1. The Bertz CT molecular complexity index is 382. The first-order valence-electron chi connectivity index (χ1n) is 4.90. The van der Waals surface area contributed by atoms with Gasteiger partial charge in [-0.2, -0.15) is 0 Å². The number of amides is 1. The lowest BCUT2D eigenvalue weighted by Crippen LogP contribution is -2.18. The van der Waals surface area contributed by atoms with Gasteiger partial charge in [-0.3, -0.25) is 10.1 Å². The minimum Gasteiger partial charge on any atom is -0.389 e. The van der Waals surface area contributed by atoms with Gasteiger partial charge in [-0.1, -0.05) is 32.1 Å². The van der Waals surface area contributed by atoms with Gasteiger partial charge in [-0.05, 0) is 0 Å². The quantitative estimate of drug-likeness (QED) is 0.845. The first-order chi connectivity index (χ1) is 7.34. The van der Waals surface area contributed by atoms with Crippen LogP contribution in [0.25, 0.3) is 0 Å². The molecule has 1 amide bonds. The normalized spacial score (nSPS) is 11.5. The SMILES string of the molecule is COCC(=O)Nc1nc(C(C)(C)C)c(N)s1. The third-order valence-corrected chi connectivity index (χ3v) is 2.69. The second-order valence-electron chi connectivity index (χ2n) is 4.46. The average molecular weight is 243 g/mol. The number of nitrogens with zero attached hydrogens (tertiary/aromatic N) is 1. The van der Waals surface area contributed by atoms with Crippen molar-refractivity contribution in [2.45, 2.75) is 26.2 Å². The van der Waals surface area contributed by atoms with Crippen LogP contribution in [-0.2, 0) is 14.9 Å². The lowest BCUT2D eigenvalue weighted by Gasteiger charge is -2.15. The molecule has 0 aliphatic heterocycles. The molecular weight excluding hydrogens is 226 g/mol. The van der Waals surface area contributed by atoms with Crippen molar-refractivity contribution >= 4 is 27.4 Å². The van der Waals surface area contributed by atoms with Crippen molar-refractivity contribution in [3.8, 4) is 0 Å². The van der Waals surface area contributed by atoms with E-state index < -0.39 is 0 Å². The number of carbonyl (C=O) groups excluding carboxylic acids is 1. The molecule has 1 aromatic heterocycles. The smallest absolute Gasteiger partial charge is 0.252 e. The second kappa shape index (κ2) is 4.80. The molecule has 5 nitrogen and oxygen atoms in total. The number of nitrogens with one attached hydrogen (secondary N) is 1. The number of hydrogen-bond donors (Lipinski definition) is 2. The number of nitrogen functional groups attached to an aromatic ring is 1. The summed E-state index contributed by atoms with van der Waals surface area (Å²) >= 11 is 1.27. The van der Waals surface area contributed by atoms with E-state index in [-0.39, 0.29) is 17.9 Å². The molecule has 0 radical (unpaired) electrons. The zero-order valence-corrected chi connectivity index (χ0v) is 10.8. The Labute approximate surface area is 99.0 Å². The van der Waals surface area contributed by atoms with Gasteiger partial charge in [0.15, 0.2) is 5.13 Å². The van der Waals surface area contributed by atoms with Gasteiger partial charge >= 0.3 is 0 Å². The Morgan fingerprint density at radius 3 is 2.62 bits per heavy atom. The van der Waals surface area contributed by atoms with Crippen molar-refractivity contribution in [3.05, 3.63) is 5.69 Å². The minimum atomic E-state index is -0.225. The number of anilines is 2. The summed E-state index contributed by atoms with van der Waals surface area (Å²) in [6.07, 6.45) is 0. The van der Waals surface area contributed by atoms with Crippen LogP contribution in [0.15, 0.2) is 0 Å². The summed E-state index contributed by atoms with van der Waals surface area (Å²) in [6.45, 7) is 6.10. The molecule has 0 aliphatic carbocycles. The molecule has 0 saturated carbocycles. The van der Waals surface area contributed by atoms with Gasteiger partial charge in [-0.25, -0.2) is 4.98 Å². The van der Waals surface area contributed by atoms with Gasteiger partial charge in [0.1, 0.15) is 11.6 Å². The Morgan fingerprint density at radius 1 is 1.56 bits per heavy atom. The van der Waals surface area contributed by atoms with Crippen molar-refractivity contribution in [1.29, 1.82) is 0 Å². The Kier molecular flexibility index (Phi) is 3.88. The lowest BCUT2D eigenvalue weighted by molar-refractivity contribution is -0.119. The highest BCUT2D eigenvalue weighted by Crippen LogP contribution is 2.33. The van der Waals surface area contributed by atoms with E-state index in [1.165, 1.54) is 18.4 Å². The maximum absolute atomic E-state index is 11.3. The van der Waals surface area contributed by atoms with Gasteiger partial charge < -0.3 is 10.5 Å². The first-order valence-corrected chi connectivity index (χ1v) is 5.72. The van der Waals surface area contributed by atoms with Crippen molar-refractivity contribution in [2.75, 3.05) is 24.8 Å². The summed E-state index contributed by atoms with van der Waals surface area (Å²) in [5.74, 6) is -0.225. The maximum Gasteiger partial charge on any atom is 0.252 e. The fraction of sp³-hybridized carbons (Fsp3) is 0.600. The summed E-state index contributed by atoms with van der Waals surface area (Å²) in [7, 11) is 1.47. The Balaban J connectivity index is 2.81. The fourth-order valence-electron chi connectivity index (χ4n) is 1.21. The van der Waals surface area contributed by atoms with E-state index in [9.17, 15) is 4.79 Å². The minimum absolute atomic E-state index is 0.0182. The molecule has 0 bridgehead atoms. The zero-order valence-electron chi connectivity index (χ0n) is 9.96. The van der Waals surface area contributed by atoms with Gasteiger partial charge in [0.25, 0.3) is 5.91 Å². The van der Waals surface area contributed by atoms with Gasteiger partial charge in [0.05, 0.1) is 5.69 Å². The van der Waals surface area contributed by atoms with E-state index in [1.54, 1.807) is 0 Å². The number of thiazole rings is 1. The molecule has 0 saturated heterocycles. The van der Waals surface area contributed by atoms with Crippen LogP contribution in [-0.4, -0.2) is 24.6 Å². The molecule has 0 atom stereocenters. The van der Waals surface area contributed by atoms with E-state index in [2.05, 4.69) is 10.3 Å². The van der Waals surface area contributed by atoms with Crippen molar-refractivity contribution in [2.24, 2.45) is 0 Å². The van der Waals surface area contributed by atoms with Crippen LogP contribution in [0.3, 0.4) is 0 Å². The number of methoxy groups -OCH3 is 1. The third-order valence-electron chi connectivity index (χ3n) is 1.89. The number of ether oxygens (including phenoxy) is 1. The van der Waals surface area contributed by atoms with E-state index in [1.807, 2.05) is 20.8 Å². The van der Waals surface area contributed by atoms with Crippen LogP contribution < -0.4 is 11.1 Å². The summed E-state index contributed by atoms with van der Waals surface area (Å²) < 4.78 is 4.71. The summed E-state index contributed by atoms with van der Waals surface area (Å²) in [4.78, 5) is 15.6. The molecular formula is C10H17N3O2S. The first kappa shape index (κ1) is 12.9. The molecule has 0 fully saturated rings. The van der Waals surface area contributed by atoms with E-state index in [4.69, 9.17) is 10.5 Å². The number of hydrogen-bond acceptors (Lipinski definition) is 5. The monoisotopic (exact) mass is 243 g/mol. The van der Waals surface area contributed by atoms with Crippen LogP contribution in [0.4, 0.5) is 10.1 Å². The van der Waals surface area contributed by atoms with Crippen LogP contribution in [0.1, 0.15) is 26.5 Å². The molecule has 0 unspecified atom stereocenters.